The third-order valence-corrected chi connectivity index (χ3v) is 9.60. The molecule has 4 aromatic rings. The van der Waals surface area contributed by atoms with Gasteiger partial charge in [0.05, 0.1) is 22.9 Å². The van der Waals surface area contributed by atoms with E-state index in [-0.39, 0.29) is 29.5 Å². The highest BCUT2D eigenvalue weighted by atomic mass is 79.9. The highest BCUT2D eigenvalue weighted by Crippen LogP contribution is 2.33. The fraction of sp³-hybridized carbons (Fsp3) is 0.192. The molecule has 3 aromatic carbocycles. The molecule has 1 amide bonds. The van der Waals surface area contributed by atoms with Crippen molar-refractivity contribution < 1.29 is 26.0 Å². The van der Waals surface area contributed by atoms with Crippen molar-refractivity contribution in [1.82, 2.24) is 5.32 Å². The van der Waals surface area contributed by atoms with Crippen LogP contribution in [0.5, 0.6) is 0 Å². The lowest BCUT2D eigenvalue weighted by atomic mass is 10.1. The lowest BCUT2D eigenvalue weighted by molar-refractivity contribution is 0.0930. The van der Waals surface area contributed by atoms with E-state index >= 15 is 0 Å². The first-order valence-corrected chi connectivity index (χ1v) is 16.5. The van der Waals surface area contributed by atoms with E-state index in [1.165, 1.54) is 16.4 Å². The molecular weight excluding hydrogens is 660 g/mol. The Labute approximate surface area is 238 Å². The minimum absolute atomic E-state index is 0.0425. The molecule has 200 valence electrons. The Morgan fingerprint density at radius 3 is 2.13 bits per heavy atom. The number of hydrogen-bond donors (Lipinski definition) is 1. The Balaban J connectivity index is 1.74. The average molecular weight is 684 g/mol. The lowest BCUT2D eigenvalue weighted by Crippen LogP contribution is -2.30. The summed E-state index contributed by atoms with van der Waals surface area (Å²) in [7, 11) is -7.19. The molecule has 0 bridgehead atoms. The molecule has 0 aliphatic heterocycles. The van der Waals surface area contributed by atoms with Gasteiger partial charge in [0, 0.05) is 32.7 Å². The first-order valence-electron chi connectivity index (χ1n) is 11.4. The summed E-state index contributed by atoms with van der Waals surface area (Å²) >= 11 is 6.75. The molecule has 1 aromatic heterocycles. The van der Waals surface area contributed by atoms with Crippen LogP contribution in [0.3, 0.4) is 0 Å². The normalized spacial score (nSPS) is 12.0. The van der Waals surface area contributed by atoms with Gasteiger partial charge in [-0.05, 0) is 67.1 Å². The number of nitrogens with one attached hydrogen (secondary N) is 1. The third-order valence-electron chi connectivity index (χ3n) is 5.81. The van der Waals surface area contributed by atoms with Crippen molar-refractivity contribution in [1.29, 1.82) is 0 Å². The zero-order valence-electron chi connectivity index (χ0n) is 20.4. The maximum absolute atomic E-state index is 13.8. The van der Waals surface area contributed by atoms with Gasteiger partial charge in [0.1, 0.15) is 15.4 Å². The molecule has 0 saturated carbocycles. The van der Waals surface area contributed by atoms with Crippen LogP contribution >= 0.6 is 31.9 Å². The van der Waals surface area contributed by atoms with Gasteiger partial charge in [0.15, 0.2) is 5.76 Å². The molecule has 1 N–H and O–H groups in total. The van der Waals surface area contributed by atoms with Crippen LogP contribution in [0.25, 0.3) is 11.0 Å². The Morgan fingerprint density at radius 1 is 0.921 bits per heavy atom. The summed E-state index contributed by atoms with van der Waals surface area (Å²) in [4.78, 5) is 12.8. The summed E-state index contributed by atoms with van der Waals surface area (Å²) in [5.74, 6) is -0.694. The molecule has 12 heteroatoms. The summed E-state index contributed by atoms with van der Waals surface area (Å²) < 4.78 is 59.1. The van der Waals surface area contributed by atoms with Crippen LogP contribution in [0.1, 0.15) is 21.7 Å². The number of sulfone groups is 1. The van der Waals surface area contributed by atoms with Crippen molar-refractivity contribution in [3.63, 3.8) is 0 Å². The number of benzene rings is 3. The van der Waals surface area contributed by atoms with Crippen molar-refractivity contribution in [2.75, 3.05) is 22.9 Å². The molecule has 0 unspecified atom stereocenters. The quantitative estimate of drug-likeness (QED) is 0.252. The second kappa shape index (κ2) is 11.2. The van der Waals surface area contributed by atoms with Crippen LogP contribution in [0.2, 0.25) is 0 Å². The van der Waals surface area contributed by atoms with Crippen LogP contribution in [0.4, 0.5) is 5.69 Å². The van der Waals surface area contributed by atoms with Crippen molar-refractivity contribution >= 4 is 74.3 Å². The van der Waals surface area contributed by atoms with Crippen molar-refractivity contribution in [2.45, 2.75) is 18.4 Å². The number of carbonyl (C=O) groups is 1. The average Bonchev–Trinajstić information content (AvgIpc) is 3.19. The molecule has 0 aliphatic carbocycles. The van der Waals surface area contributed by atoms with Crippen LogP contribution in [0.15, 0.2) is 85.0 Å². The van der Waals surface area contributed by atoms with E-state index < -0.39 is 25.8 Å². The van der Waals surface area contributed by atoms with Gasteiger partial charge in [0.25, 0.3) is 15.9 Å². The van der Waals surface area contributed by atoms with E-state index in [0.717, 1.165) is 20.8 Å². The number of rotatable bonds is 9. The Bertz CT molecular complexity index is 1700. The standard InChI is InChI=1S/C26H24Br2N2O6S2/c1-17-23-15-21(9-12-24(23)36-25(17)26(31)29-13-14-37(2,32)33)30(16-18-3-5-19(27)6-4-18)38(34,35)22-10-7-20(28)8-11-22/h3-12,15H,13-14,16H2,1-2H3,(H,29,31). The van der Waals surface area contributed by atoms with Gasteiger partial charge >= 0.3 is 0 Å². The van der Waals surface area contributed by atoms with E-state index in [1.54, 1.807) is 37.3 Å². The maximum atomic E-state index is 13.8. The highest BCUT2D eigenvalue weighted by molar-refractivity contribution is 9.10. The predicted octanol–water partition coefficient (Wildman–Crippen LogP) is 5.44. The number of amides is 1. The van der Waals surface area contributed by atoms with Gasteiger partial charge in [-0.1, -0.05) is 44.0 Å². The first kappa shape index (κ1) is 28.3. The van der Waals surface area contributed by atoms with E-state index in [0.29, 0.717) is 22.2 Å². The third kappa shape index (κ3) is 6.48. The molecule has 0 saturated heterocycles. The molecule has 4 rings (SSSR count). The summed E-state index contributed by atoms with van der Waals surface area (Å²) in [6.07, 6.45) is 1.09. The number of halogens is 2. The van der Waals surface area contributed by atoms with Gasteiger partial charge < -0.3 is 9.73 Å². The molecule has 0 radical (unpaired) electrons. The first-order chi connectivity index (χ1) is 17.8. The second-order valence-electron chi connectivity index (χ2n) is 8.71. The van der Waals surface area contributed by atoms with E-state index in [2.05, 4.69) is 37.2 Å². The van der Waals surface area contributed by atoms with Crippen LogP contribution < -0.4 is 9.62 Å². The maximum Gasteiger partial charge on any atom is 0.287 e. The molecule has 1 heterocycles. The highest BCUT2D eigenvalue weighted by Gasteiger charge is 2.27. The number of anilines is 1. The molecular formula is C26H24Br2N2O6S2. The van der Waals surface area contributed by atoms with Gasteiger partial charge in [0.2, 0.25) is 0 Å². The smallest absolute Gasteiger partial charge is 0.287 e. The molecule has 0 aliphatic rings. The largest absolute Gasteiger partial charge is 0.451 e. The van der Waals surface area contributed by atoms with Gasteiger partial charge in [-0.25, -0.2) is 16.8 Å². The van der Waals surface area contributed by atoms with Gasteiger partial charge in [-0.2, -0.15) is 0 Å². The molecule has 0 fully saturated rings. The van der Waals surface area contributed by atoms with Gasteiger partial charge in [-0.15, -0.1) is 0 Å². The number of fused-ring (bicyclic) bond motifs is 1. The lowest BCUT2D eigenvalue weighted by Gasteiger charge is -2.25. The van der Waals surface area contributed by atoms with Crippen LogP contribution in [0, 0.1) is 6.92 Å². The van der Waals surface area contributed by atoms with E-state index in [1.807, 2.05) is 24.3 Å². The fourth-order valence-electron chi connectivity index (χ4n) is 3.82. The Kier molecular flexibility index (Phi) is 8.36. The van der Waals surface area contributed by atoms with Crippen molar-refractivity contribution in [2.24, 2.45) is 0 Å². The Morgan fingerprint density at radius 2 is 1.53 bits per heavy atom. The number of carbonyl (C=O) groups excluding carboxylic acids is 1. The van der Waals surface area contributed by atoms with Crippen molar-refractivity contribution in [3.8, 4) is 0 Å². The van der Waals surface area contributed by atoms with Crippen molar-refractivity contribution in [3.05, 3.63) is 92.6 Å². The number of furan rings is 1. The Hall–Kier alpha value is -2.67. The SMILES string of the molecule is Cc1c(C(=O)NCCS(C)(=O)=O)oc2ccc(N(Cc3ccc(Br)cc3)S(=O)(=O)c3ccc(Br)cc3)cc12. The number of nitrogens with zero attached hydrogens (tertiary/aromatic N) is 1. The summed E-state index contributed by atoms with van der Waals surface area (Å²) in [6.45, 7) is 1.72. The summed E-state index contributed by atoms with van der Waals surface area (Å²) in [5, 5.41) is 3.13. The zero-order valence-corrected chi connectivity index (χ0v) is 25.2. The van der Waals surface area contributed by atoms with E-state index in [9.17, 15) is 21.6 Å². The predicted molar refractivity (Wildman–Crippen MR) is 155 cm³/mol. The monoisotopic (exact) mass is 682 g/mol. The van der Waals surface area contributed by atoms with Crippen LogP contribution in [-0.4, -0.2) is 41.3 Å². The number of sulfonamides is 1. The minimum atomic E-state index is -3.96. The zero-order chi connectivity index (χ0) is 27.7. The number of aryl methyl sites for hydroxylation is 1. The van der Waals surface area contributed by atoms with Crippen LogP contribution in [-0.2, 0) is 26.4 Å². The topological polar surface area (TPSA) is 114 Å². The molecule has 0 atom stereocenters. The summed E-state index contributed by atoms with van der Waals surface area (Å²) in [6, 6.07) is 18.7. The van der Waals surface area contributed by atoms with E-state index in [4.69, 9.17) is 4.42 Å². The fourth-order valence-corrected chi connectivity index (χ4v) is 6.26. The molecule has 8 nitrogen and oxygen atoms in total. The number of hydrogen-bond acceptors (Lipinski definition) is 6. The van der Waals surface area contributed by atoms with Gasteiger partial charge in [-0.3, -0.25) is 9.10 Å². The molecule has 38 heavy (non-hydrogen) atoms. The minimum Gasteiger partial charge on any atom is -0.451 e. The summed E-state index contributed by atoms with van der Waals surface area (Å²) in [5.41, 5.74) is 2.10. The molecule has 0 spiro atoms. The second-order valence-corrected chi connectivity index (χ2v) is 14.7.